The number of nitro benzene ring substituents is 1. The Balaban J connectivity index is 2.04. The minimum absolute atomic E-state index is 0.0391. The van der Waals surface area contributed by atoms with E-state index in [-0.39, 0.29) is 5.69 Å². The van der Waals surface area contributed by atoms with Gasteiger partial charge in [0.25, 0.3) is 11.6 Å². The number of aryl methyl sites for hydroxylation is 1. The molecule has 0 unspecified atom stereocenters. The van der Waals surface area contributed by atoms with Crippen molar-refractivity contribution in [3.05, 3.63) is 50.5 Å². The average molecular weight is 291 g/mol. The highest BCUT2D eigenvalue weighted by atomic mass is 32.1. The Morgan fingerprint density at radius 1 is 1.55 bits per heavy atom. The molecule has 9 heteroatoms. The monoisotopic (exact) mass is 291 g/mol. The molecule has 0 aliphatic carbocycles. The van der Waals surface area contributed by atoms with Gasteiger partial charge >= 0.3 is 0 Å². The third-order valence-electron chi connectivity index (χ3n) is 2.32. The summed E-state index contributed by atoms with van der Waals surface area (Å²) in [5.74, 6) is -0.417. The number of rotatable bonds is 4. The van der Waals surface area contributed by atoms with Gasteiger partial charge in [-0.3, -0.25) is 14.9 Å². The van der Waals surface area contributed by atoms with Crippen LogP contribution >= 0.6 is 11.5 Å². The molecule has 1 N–H and O–H groups in total. The molecule has 20 heavy (non-hydrogen) atoms. The number of nitrogens with one attached hydrogen (secondary N) is 1. The van der Waals surface area contributed by atoms with Crippen LogP contribution in [0.1, 0.15) is 20.9 Å². The van der Waals surface area contributed by atoms with E-state index in [1.54, 1.807) is 19.1 Å². The molecule has 1 amide bonds. The minimum atomic E-state index is -0.498. The zero-order valence-electron chi connectivity index (χ0n) is 10.3. The molecule has 2 aromatic rings. The summed E-state index contributed by atoms with van der Waals surface area (Å²) in [6.45, 7) is 1.67. The third-order valence-corrected chi connectivity index (χ3v) is 3.15. The maximum atomic E-state index is 11.7. The van der Waals surface area contributed by atoms with E-state index in [4.69, 9.17) is 0 Å². The van der Waals surface area contributed by atoms with Crippen LogP contribution < -0.4 is 5.43 Å². The van der Waals surface area contributed by atoms with Crippen molar-refractivity contribution in [2.45, 2.75) is 6.92 Å². The first-order valence-electron chi connectivity index (χ1n) is 5.45. The van der Waals surface area contributed by atoms with Gasteiger partial charge in [-0.15, -0.1) is 5.10 Å². The maximum absolute atomic E-state index is 11.7. The quantitative estimate of drug-likeness (QED) is 0.521. The lowest BCUT2D eigenvalue weighted by Crippen LogP contribution is -2.17. The van der Waals surface area contributed by atoms with Crippen molar-refractivity contribution in [2.75, 3.05) is 0 Å². The highest BCUT2D eigenvalue weighted by Crippen LogP contribution is 2.11. The predicted molar refractivity (Wildman–Crippen MR) is 72.8 cm³/mol. The Bertz CT molecular complexity index is 682. The molecule has 1 heterocycles. The van der Waals surface area contributed by atoms with Gasteiger partial charge in [0.05, 0.1) is 16.8 Å². The number of nitro groups is 1. The van der Waals surface area contributed by atoms with E-state index in [2.05, 4.69) is 20.1 Å². The van der Waals surface area contributed by atoms with Gasteiger partial charge in [0.1, 0.15) is 4.88 Å². The topological polar surface area (TPSA) is 110 Å². The second-order valence-electron chi connectivity index (χ2n) is 3.74. The molecule has 1 aromatic carbocycles. The standard InChI is InChI=1S/C11H9N5O3S/c1-7-10(20-15-13-7)11(17)14-12-6-8-3-2-4-9(5-8)16(18)19/h2-6H,1H3,(H,14,17). The molecule has 0 bridgehead atoms. The molecule has 0 fully saturated rings. The van der Waals surface area contributed by atoms with Crippen LogP contribution in [0.25, 0.3) is 0 Å². The van der Waals surface area contributed by atoms with Gasteiger partial charge in [-0.1, -0.05) is 16.6 Å². The van der Waals surface area contributed by atoms with Crippen molar-refractivity contribution in [2.24, 2.45) is 5.10 Å². The third kappa shape index (κ3) is 3.20. The molecule has 0 aliphatic heterocycles. The van der Waals surface area contributed by atoms with Crippen LogP contribution in [-0.4, -0.2) is 26.6 Å². The van der Waals surface area contributed by atoms with Crippen molar-refractivity contribution in [1.82, 2.24) is 15.0 Å². The van der Waals surface area contributed by atoms with E-state index < -0.39 is 10.8 Å². The molecule has 1 aromatic heterocycles. The molecular weight excluding hydrogens is 282 g/mol. The number of hydrogen-bond acceptors (Lipinski definition) is 7. The smallest absolute Gasteiger partial charge is 0.266 e. The lowest BCUT2D eigenvalue weighted by atomic mass is 10.2. The summed E-state index contributed by atoms with van der Waals surface area (Å²) >= 11 is 0.974. The first-order chi connectivity index (χ1) is 9.58. The Labute approximate surface area is 117 Å². The molecule has 0 atom stereocenters. The van der Waals surface area contributed by atoms with Crippen LogP contribution in [-0.2, 0) is 0 Å². The van der Waals surface area contributed by atoms with Crippen LogP contribution in [0.3, 0.4) is 0 Å². The fourth-order valence-electron chi connectivity index (χ4n) is 1.37. The fourth-order valence-corrected chi connectivity index (χ4v) is 1.92. The molecule has 0 aliphatic rings. The second-order valence-corrected chi connectivity index (χ2v) is 4.49. The van der Waals surface area contributed by atoms with Gasteiger partial charge in [-0.05, 0) is 18.5 Å². The van der Waals surface area contributed by atoms with Gasteiger partial charge in [-0.25, -0.2) is 5.43 Å². The summed E-state index contributed by atoms with van der Waals surface area (Å²) in [5.41, 5.74) is 3.31. The SMILES string of the molecule is Cc1nnsc1C(=O)NN=Cc1cccc([N+](=O)[O-])c1. The predicted octanol–water partition coefficient (Wildman–Crippen LogP) is 1.52. The van der Waals surface area contributed by atoms with Gasteiger partial charge < -0.3 is 0 Å². The maximum Gasteiger partial charge on any atom is 0.285 e. The van der Waals surface area contributed by atoms with Crippen LogP contribution in [0.15, 0.2) is 29.4 Å². The van der Waals surface area contributed by atoms with Gasteiger partial charge in [-0.2, -0.15) is 5.10 Å². The lowest BCUT2D eigenvalue weighted by Gasteiger charge is -1.96. The van der Waals surface area contributed by atoms with Crippen molar-refractivity contribution >= 4 is 29.3 Å². The fraction of sp³-hybridized carbons (Fsp3) is 0.0909. The summed E-state index contributed by atoms with van der Waals surface area (Å²) in [7, 11) is 0. The molecule has 102 valence electrons. The minimum Gasteiger partial charge on any atom is -0.266 e. The first kappa shape index (κ1) is 13.7. The number of amides is 1. The van der Waals surface area contributed by atoms with Gasteiger partial charge in [0, 0.05) is 17.7 Å². The number of carbonyl (C=O) groups excluding carboxylic acids is 1. The molecule has 0 saturated heterocycles. The zero-order valence-corrected chi connectivity index (χ0v) is 11.1. The molecule has 0 radical (unpaired) electrons. The Hall–Kier alpha value is -2.68. The molecule has 8 nitrogen and oxygen atoms in total. The van der Waals surface area contributed by atoms with E-state index in [1.165, 1.54) is 18.3 Å². The van der Waals surface area contributed by atoms with E-state index in [0.717, 1.165) is 11.5 Å². The van der Waals surface area contributed by atoms with Gasteiger partial charge in [0.15, 0.2) is 0 Å². The van der Waals surface area contributed by atoms with Crippen molar-refractivity contribution in [3.63, 3.8) is 0 Å². The largest absolute Gasteiger partial charge is 0.285 e. The molecular formula is C11H9N5O3S. The zero-order chi connectivity index (χ0) is 14.5. The molecule has 2 rings (SSSR count). The number of non-ortho nitro benzene ring substituents is 1. The van der Waals surface area contributed by atoms with Gasteiger partial charge in [0.2, 0.25) is 0 Å². The number of aromatic nitrogens is 2. The number of carbonyl (C=O) groups is 1. The molecule has 0 saturated carbocycles. The summed E-state index contributed by atoms with van der Waals surface area (Å²) < 4.78 is 3.64. The average Bonchev–Trinajstić information content (AvgIpc) is 2.85. The number of benzene rings is 1. The van der Waals surface area contributed by atoms with E-state index in [1.807, 2.05) is 0 Å². The lowest BCUT2D eigenvalue weighted by molar-refractivity contribution is -0.384. The van der Waals surface area contributed by atoms with Crippen molar-refractivity contribution in [1.29, 1.82) is 0 Å². The van der Waals surface area contributed by atoms with E-state index in [0.29, 0.717) is 16.1 Å². The first-order valence-corrected chi connectivity index (χ1v) is 6.22. The molecule has 0 spiro atoms. The number of hydrogen-bond donors (Lipinski definition) is 1. The van der Waals surface area contributed by atoms with Crippen LogP contribution in [0.2, 0.25) is 0 Å². The second kappa shape index (κ2) is 5.97. The summed E-state index contributed by atoms with van der Waals surface area (Å²) in [5, 5.41) is 18.1. The van der Waals surface area contributed by atoms with Crippen molar-refractivity contribution < 1.29 is 9.72 Å². The van der Waals surface area contributed by atoms with E-state index >= 15 is 0 Å². The Morgan fingerprint density at radius 3 is 3.00 bits per heavy atom. The van der Waals surface area contributed by atoms with Crippen LogP contribution in [0.4, 0.5) is 5.69 Å². The van der Waals surface area contributed by atoms with Crippen molar-refractivity contribution in [3.8, 4) is 0 Å². The number of nitrogens with zero attached hydrogens (tertiary/aromatic N) is 4. The Kier molecular flexibility index (Phi) is 4.11. The normalized spacial score (nSPS) is 10.7. The highest BCUT2D eigenvalue weighted by Gasteiger charge is 2.11. The summed E-state index contributed by atoms with van der Waals surface area (Å²) in [6, 6.07) is 5.91. The van der Waals surface area contributed by atoms with Crippen LogP contribution in [0.5, 0.6) is 0 Å². The van der Waals surface area contributed by atoms with Crippen LogP contribution in [0, 0.1) is 17.0 Å². The summed E-state index contributed by atoms with van der Waals surface area (Å²) in [4.78, 5) is 22.2. The van der Waals surface area contributed by atoms with E-state index in [9.17, 15) is 14.9 Å². The highest BCUT2D eigenvalue weighted by molar-refractivity contribution is 7.07. The summed E-state index contributed by atoms with van der Waals surface area (Å²) in [6.07, 6.45) is 1.33. The number of hydrazone groups is 1. The Morgan fingerprint density at radius 2 is 2.35 bits per heavy atom.